The van der Waals surface area contributed by atoms with E-state index in [1.807, 2.05) is 36.4 Å². The summed E-state index contributed by atoms with van der Waals surface area (Å²) in [6.07, 6.45) is 4.10. The van der Waals surface area contributed by atoms with Crippen LogP contribution in [-0.4, -0.2) is 76.2 Å². The van der Waals surface area contributed by atoms with Crippen molar-refractivity contribution >= 4 is 34.3 Å². The second-order valence-electron chi connectivity index (χ2n) is 7.93. The van der Waals surface area contributed by atoms with Crippen LogP contribution in [0, 0.1) is 0 Å². The SMILES string of the molecule is O=C(Nc1ccc(N2CCCC2)nc1)N1CCN(C(=O)c2n[nH]c3ccccc23)CC1. The molecule has 2 saturated heterocycles. The number of para-hydroxylation sites is 1. The Balaban J connectivity index is 1.16. The zero-order chi connectivity index (χ0) is 21.2. The Bertz CT molecular complexity index is 1080. The lowest BCUT2D eigenvalue weighted by molar-refractivity contribution is 0.0667. The fraction of sp³-hybridized carbons (Fsp3) is 0.364. The van der Waals surface area contributed by atoms with Crippen molar-refractivity contribution in [1.29, 1.82) is 0 Å². The molecule has 2 fully saturated rings. The van der Waals surface area contributed by atoms with Crippen LogP contribution in [-0.2, 0) is 0 Å². The molecule has 0 atom stereocenters. The molecular formula is C22H25N7O2. The molecule has 0 bridgehead atoms. The van der Waals surface area contributed by atoms with Crippen molar-refractivity contribution in [3.63, 3.8) is 0 Å². The monoisotopic (exact) mass is 419 g/mol. The number of carbonyl (C=O) groups excluding carboxylic acids is 2. The molecule has 9 nitrogen and oxygen atoms in total. The number of fused-ring (bicyclic) bond motifs is 1. The van der Waals surface area contributed by atoms with Gasteiger partial charge in [0.25, 0.3) is 5.91 Å². The Morgan fingerprint density at radius 3 is 2.39 bits per heavy atom. The molecule has 160 valence electrons. The van der Waals surface area contributed by atoms with Gasteiger partial charge in [0.1, 0.15) is 5.82 Å². The zero-order valence-corrected chi connectivity index (χ0v) is 17.3. The largest absolute Gasteiger partial charge is 0.357 e. The Labute approximate surface area is 180 Å². The molecule has 1 aromatic carbocycles. The number of piperazine rings is 1. The van der Waals surface area contributed by atoms with E-state index in [9.17, 15) is 9.59 Å². The molecule has 4 heterocycles. The number of H-pyrrole nitrogens is 1. The summed E-state index contributed by atoms with van der Waals surface area (Å²) in [6.45, 7) is 3.96. The fourth-order valence-corrected chi connectivity index (χ4v) is 4.18. The maximum Gasteiger partial charge on any atom is 0.322 e. The van der Waals surface area contributed by atoms with Gasteiger partial charge < -0.3 is 20.0 Å². The highest BCUT2D eigenvalue weighted by molar-refractivity contribution is 6.04. The Morgan fingerprint density at radius 1 is 0.903 bits per heavy atom. The third-order valence-corrected chi connectivity index (χ3v) is 5.96. The van der Waals surface area contributed by atoms with E-state index in [0.29, 0.717) is 37.6 Å². The van der Waals surface area contributed by atoms with Gasteiger partial charge in [0, 0.05) is 44.7 Å². The van der Waals surface area contributed by atoms with Crippen molar-refractivity contribution in [3.8, 4) is 0 Å². The van der Waals surface area contributed by atoms with E-state index in [2.05, 4.69) is 25.4 Å². The topological polar surface area (TPSA) is 97.5 Å². The third-order valence-electron chi connectivity index (χ3n) is 5.96. The summed E-state index contributed by atoms with van der Waals surface area (Å²) in [6, 6.07) is 11.2. The number of carbonyl (C=O) groups is 2. The number of urea groups is 1. The minimum atomic E-state index is -0.173. The molecule has 31 heavy (non-hydrogen) atoms. The van der Waals surface area contributed by atoms with E-state index in [1.165, 1.54) is 12.8 Å². The van der Waals surface area contributed by atoms with Gasteiger partial charge in [0.2, 0.25) is 0 Å². The molecule has 2 aromatic heterocycles. The summed E-state index contributed by atoms with van der Waals surface area (Å²) in [4.78, 5) is 35.7. The minimum absolute atomic E-state index is 0.112. The van der Waals surface area contributed by atoms with Crippen LogP contribution in [0.3, 0.4) is 0 Å². The average Bonchev–Trinajstić information content (AvgIpc) is 3.50. The first-order valence-electron chi connectivity index (χ1n) is 10.7. The molecule has 9 heteroatoms. The van der Waals surface area contributed by atoms with Crippen LogP contribution >= 0.6 is 0 Å². The van der Waals surface area contributed by atoms with Crippen molar-refractivity contribution in [2.45, 2.75) is 12.8 Å². The lowest BCUT2D eigenvalue weighted by Gasteiger charge is -2.34. The predicted octanol–water partition coefficient (Wildman–Crippen LogP) is 2.55. The van der Waals surface area contributed by atoms with Crippen molar-refractivity contribution < 1.29 is 9.59 Å². The van der Waals surface area contributed by atoms with Gasteiger partial charge in [0.15, 0.2) is 5.69 Å². The van der Waals surface area contributed by atoms with Gasteiger partial charge in [-0.05, 0) is 31.0 Å². The first kappa shape index (κ1) is 19.3. The predicted molar refractivity (Wildman–Crippen MR) is 118 cm³/mol. The van der Waals surface area contributed by atoms with Crippen LogP contribution in [0.2, 0.25) is 0 Å². The molecule has 2 N–H and O–H groups in total. The van der Waals surface area contributed by atoms with E-state index in [-0.39, 0.29) is 11.9 Å². The molecule has 2 aliphatic rings. The number of aromatic amines is 1. The standard InChI is InChI=1S/C22H25N7O2/c30-21(20-17-5-1-2-6-18(17)25-26-20)28-11-13-29(14-12-28)22(31)24-16-7-8-19(23-15-16)27-9-3-4-10-27/h1-2,5-8,15H,3-4,9-14H2,(H,24,31)(H,25,26). The number of nitrogens with zero attached hydrogens (tertiary/aromatic N) is 5. The van der Waals surface area contributed by atoms with Gasteiger partial charge in [-0.3, -0.25) is 9.89 Å². The summed E-state index contributed by atoms with van der Waals surface area (Å²) in [5.74, 6) is 0.840. The number of rotatable bonds is 3. The van der Waals surface area contributed by atoms with E-state index in [0.717, 1.165) is 29.8 Å². The lowest BCUT2D eigenvalue weighted by Crippen LogP contribution is -2.51. The van der Waals surface area contributed by atoms with Crippen molar-refractivity contribution in [2.75, 3.05) is 49.5 Å². The number of anilines is 2. The van der Waals surface area contributed by atoms with Crippen LogP contribution in [0.5, 0.6) is 0 Å². The first-order chi connectivity index (χ1) is 15.2. The summed E-state index contributed by atoms with van der Waals surface area (Å²) in [7, 11) is 0. The average molecular weight is 419 g/mol. The van der Waals surface area contributed by atoms with Crippen LogP contribution < -0.4 is 10.2 Å². The molecule has 3 amide bonds. The summed E-state index contributed by atoms with van der Waals surface area (Å²) in [5, 5.41) is 10.8. The van der Waals surface area contributed by atoms with Crippen LogP contribution in [0.1, 0.15) is 23.3 Å². The molecule has 2 aliphatic heterocycles. The number of hydrogen-bond donors (Lipinski definition) is 2. The smallest absolute Gasteiger partial charge is 0.322 e. The quantitative estimate of drug-likeness (QED) is 0.680. The fourth-order valence-electron chi connectivity index (χ4n) is 4.18. The molecule has 0 unspecified atom stereocenters. The zero-order valence-electron chi connectivity index (χ0n) is 17.3. The van der Waals surface area contributed by atoms with E-state index in [1.54, 1.807) is 16.0 Å². The van der Waals surface area contributed by atoms with Gasteiger partial charge >= 0.3 is 6.03 Å². The van der Waals surface area contributed by atoms with Crippen molar-refractivity contribution in [2.24, 2.45) is 0 Å². The van der Waals surface area contributed by atoms with Gasteiger partial charge in [-0.15, -0.1) is 0 Å². The molecule has 0 radical (unpaired) electrons. The van der Waals surface area contributed by atoms with E-state index in [4.69, 9.17) is 0 Å². The highest BCUT2D eigenvalue weighted by Crippen LogP contribution is 2.20. The number of amides is 3. The number of pyridine rings is 1. The van der Waals surface area contributed by atoms with Gasteiger partial charge in [0.05, 0.1) is 17.4 Å². The van der Waals surface area contributed by atoms with E-state index >= 15 is 0 Å². The maximum absolute atomic E-state index is 12.9. The molecule has 0 aliphatic carbocycles. The Morgan fingerprint density at radius 2 is 1.65 bits per heavy atom. The normalized spacial score (nSPS) is 16.7. The second kappa shape index (κ2) is 8.25. The number of hydrogen-bond acceptors (Lipinski definition) is 5. The minimum Gasteiger partial charge on any atom is -0.357 e. The maximum atomic E-state index is 12.9. The second-order valence-corrected chi connectivity index (χ2v) is 7.93. The summed E-state index contributed by atoms with van der Waals surface area (Å²) in [5.41, 5.74) is 1.94. The Hall–Kier alpha value is -3.62. The number of benzene rings is 1. The van der Waals surface area contributed by atoms with Crippen molar-refractivity contribution in [3.05, 3.63) is 48.3 Å². The number of aromatic nitrogens is 3. The van der Waals surface area contributed by atoms with Gasteiger partial charge in [-0.25, -0.2) is 9.78 Å². The van der Waals surface area contributed by atoms with Crippen molar-refractivity contribution in [1.82, 2.24) is 25.0 Å². The molecule has 3 aromatic rings. The summed E-state index contributed by atoms with van der Waals surface area (Å²) < 4.78 is 0. The van der Waals surface area contributed by atoms with E-state index < -0.39 is 0 Å². The first-order valence-corrected chi connectivity index (χ1v) is 10.7. The summed E-state index contributed by atoms with van der Waals surface area (Å²) >= 11 is 0. The highest BCUT2D eigenvalue weighted by atomic mass is 16.2. The van der Waals surface area contributed by atoms with Crippen LogP contribution in [0.15, 0.2) is 42.6 Å². The van der Waals surface area contributed by atoms with Gasteiger partial charge in [-0.2, -0.15) is 5.10 Å². The Kier molecular flexibility index (Phi) is 5.15. The highest BCUT2D eigenvalue weighted by Gasteiger charge is 2.27. The number of nitrogens with one attached hydrogen (secondary N) is 2. The molecule has 5 rings (SSSR count). The molecule has 0 spiro atoms. The molecular weight excluding hydrogens is 394 g/mol. The third kappa shape index (κ3) is 3.90. The lowest BCUT2D eigenvalue weighted by atomic mass is 10.2. The molecule has 0 saturated carbocycles. The van der Waals surface area contributed by atoms with Gasteiger partial charge in [-0.1, -0.05) is 18.2 Å². The van der Waals surface area contributed by atoms with Crippen LogP contribution in [0.4, 0.5) is 16.3 Å². The van der Waals surface area contributed by atoms with Crippen LogP contribution in [0.25, 0.3) is 10.9 Å².